The van der Waals surface area contributed by atoms with Gasteiger partial charge in [0.05, 0.1) is 6.04 Å². The molecule has 0 aliphatic rings. The monoisotopic (exact) mass is 254 g/mol. The van der Waals surface area contributed by atoms with Crippen molar-refractivity contribution in [1.82, 2.24) is 4.90 Å². The third kappa shape index (κ3) is 3.82. The van der Waals surface area contributed by atoms with E-state index in [0.717, 1.165) is 0 Å². The maximum Gasteiger partial charge on any atom is 0.240 e. The molecule has 3 nitrogen and oxygen atoms in total. The van der Waals surface area contributed by atoms with Crippen molar-refractivity contribution in [1.29, 1.82) is 0 Å². The van der Waals surface area contributed by atoms with E-state index in [1.54, 1.807) is 11.3 Å². The summed E-state index contributed by atoms with van der Waals surface area (Å²) in [5, 5.41) is 4.10. The van der Waals surface area contributed by atoms with Crippen LogP contribution in [0.3, 0.4) is 0 Å². The van der Waals surface area contributed by atoms with Crippen molar-refractivity contribution in [2.24, 2.45) is 11.7 Å². The first-order valence-electron chi connectivity index (χ1n) is 6.00. The van der Waals surface area contributed by atoms with Gasteiger partial charge in [0.15, 0.2) is 0 Å². The molecular weight excluding hydrogens is 232 g/mol. The standard InChI is InChI=1S/C13H22N2OS/c1-9(2)12(14)13(16)15(10(3)4)7-11-5-6-17-8-11/h5-6,8-10,12H,7,14H2,1-4H3. The zero-order chi connectivity index (χ0) is 13.0. The fourth-order valence-electron chi connectivity index (χ4n) is 1.57. The van der Waals surface area contributed by atoms with E-state index in [1.807, 2.05) is 44.0 Å². The minimum absolute atomic E-state index is 0.0428. The summed E-state index contributed by atoms with van der Waals surface area (Å²) in [6.45, 7) is 8.66. The molecule has 1 rings (SSSR count). The van der Waals surface area contributed by atoms with Crippen molar-refractivity contribution in [2.45, 2.75) is 46.3 Å². The number of amides is 1. The molecule has 1 heterocycles. The van der Waals surface area contributed by atoms with Crippen LogP contribution in [0, 0.1) is 5.92 Å². The largest absolute Gasteiger partial charge is 0.335 e. The van der Waals surface area contributed by atoms with Crippen LogP contribution < -0.4 is 5.73 Å². The first-order valence-corrected chi connectivity index (χ1v) is 6.95. The molecule has 0 saturated carbocycles. The molecule has 1 aromatic rings. The van der Waals surface area contributed by atoms with E-state index < -0.39 is 6.04 Å². The van der Waals surface area contributed by atoms with Crippen molar-refractivity contribution < 1.29 is 4.79 Å². The lowest BCUT2D eigenvalue weighted by atomic mass is 10.0. The highest BCUT2D eigenvalue weighted by Gasteiger charge is 2.25. The molecule has 1 aromatic heterocycles. The van der Waals surface area contributed by atoms with Crippen LogP contribution >= 0.6 is 11.3 Å². The average molecular weight is 254 g/mol. The molecule has 0 radical (unpaired) electrons. The molecule has 0 fully saturated rings. The predicted octanol–water partition coefficient (Wildman–Crippen LogP) is 2.47. The van der Waals surface area contributed by atoms with Crippen LogP contribution in [-0.2, 0) is 11.3 Å². The van der Waals surface area contributed by atoms with Gasteiger partial charge in [-0.15, -0.1) is 0 Å². The SMILES string of the molecule is CC(C)C(N)C(=O)N(Cc1ccsc1)C(C)C. The van der Waals surface area contributed by atoms with Gasteiger partial charge >= 0.3 is 0 Å². The van der Waals surface area contributed by atoms with Crippen LogP contribution in [0.15, 0.2) is 16.8 Å². The number of nitrogens with zero attached hydrogens (tertiary/aromatic N) is 1. The second-order valence-electron chi connectivity index (χ2n) is 4.96. The molecule has 1 atom stereocenters. The summed E-state index contributed by atoms with van der Waals surface area (Å²) >= 11 is 1.65. The van der Waals surface area contributed by atoms with Crippen molar-refractivity contribution in [3.63, 3.8) is 0 Å². The van der Waals surface area contributed by atoms with E-state index in [-0.39, 0.29) is 17.9 Å². The molecule has 0 aromatic carbocycles. The molecule has 2 N–H and O–H groups in total. The van der Waals surface area contributed by atoms with E-state index in [0.29, 0.717) is 6.54 Å². The first kappa shape index (κ1) is 14.2. The Morgan fingerprint density at radius 1 is 1.41 bits per heavy atom. The molecule has 0 aliphatic carbocycles. The minimum Gasteiger partial charge on any atom is -0.335 e. The molecular formula is C13H22N2OS. The van der Waals surface area contributed by atoms with Crippen LogP contribution in [0.2, 0.25) is 0 Å². The van der Waals surface area contributed by atoms with Crippen LogP contribution in [0.25, 0.3) is 0 Å². The Balaban J connectivity index is 2.76. The Morgan fingerprint density at radius 2 is 2.06 bits per heavy atom. The molecule has 1 amide bonds. The predicted molar refractivity (Wildman–Crippen MR) is 72.8 cm³/mol. The molecule has 0 spiro atoms. The van der Waals surface area contributed by atoms with Gasteiger partial charge < -0.3 is 10.6 Å². The van der Waals surface area contributed by atoms with Crippen molar-refractivity contribution in [3.05, 3.63) is 22.4 Å². The lowest BCUT2D eigenvalue weighted by Gasteiger charge is -2.30. The number of hydrogen-bond acceptors (Lipinski definition) is 3. The molecule has 17 heavy (non-hydrogen) atoms. The fourth-order valence-corrected chi connectivity index (χ4v) is 2.23. The van der Waals surface area contributed by atoms with E-state index in [9.17, 15) is 4.79 Å². The molecule has 0 bridgehead atoms. The summed E-state index contributed by atoms with van der Waals surface area (Å²) < 4.78 is 0. The highest BCUT2D eigenvalue weighted by Crippen LogP contribution is 2.14. The maximum atomic E-state index is 12.3. The van der Waals surface area contributed by atoms with E-state index >= 15 is 0 Å². The first-order chi connectivity index (χ1) is 7.93. The highest BCUT2D eigenvalue weighted by molar-refractivity contribution is 7.07. The van der Waals surface area contributed by atoms with E-state index in [2.05, 4.69) is 5.38 Å². The van der Waals surface area contributed by atoms with Crippen molar-refractivity contribution in [3.8, 4) is 0 Å². The Labute approximate surface area is 108 Å². The summed E-state index contributed by atoms with van der Waals surface area (Å²) in [5.41, 5.74) is 7.11. The summed E-state index contributed by atoms with van der Waals surface area (Å²) in [7, 11) is 0. The normalized spacial score (nSPS) is 13.1. The topological polar surface area (TPSA) is 46.3 Å². The molecule has 96 valence electrons. The molecule has 4 heteroatoms. The van der Waals surface area contributed by atoms with Crippen LogP contribution in [0.4, 0.5) is 0 Å². The summed E-state index contributed by atoms with van der Waals surface area (Å²) in [6, 6.07) is 1.82. The highest BCUT2D eigenvalue weighted by atomic mass is 32.1. The van der Waals surface area contributed by atoms with Gasteiger partial charge in [0.25, 0.3) is 0 Å². The third-order valence-corrected chi connectivity index (χ3v) is 3.57. The maximum absolute atomic E-state index is 12.3. The molecule has 1 unspecified atom stereocenters. The number of nitrogens with two attached hydrogens (primary N) is 1. The van der Waals surface area contributed by atoms with Gasteiger partial charge in [0, 0.05) is 12.6 Å². The number of hydrogen-bond donors (Lipinski definition) is 1. The molecule has 0 saturated heterocycles. The summed E-state index contributed by atoms with van der Waals surface area (Å²) in [4.78, 5) is 14.1. The number of thiophene rings is 1. The number of rotatable bonds is 5. The van der Waals surface area contributed by atoms with Gasteiger partial charge in [-0.3, -0.25) is 4.79 Å². The van der Waals surface area contributed by atoms with Crippen LogP contribution in [0.1, 0.15) is 33.3 Å². The van der Waals surface area contributed by atoms with Gasteiger partial charge in [0.1, 0.15) is 0 Å². The lowest BCUT2D eigenvalue weighted by molar-refractivity contribution is -0.136. The van der Waals surface area contributed by atoms with Gasteiger partial charge in [-0.2, -0.15) is 11.3 Å². The Kier molecular flexibility index (Phi) is 5.15. The van der Waals surface area contributed by atoms with Gasteiger partial charge in [0.2, 0.25) is 5.91 Å². The Bertz CT molecular complexity index is 346. The van der Waals surface area contributed by atoms with Crippen molar-refractivity contribution >= 4 is 17.2 Å². The smallest absolute Gasteiger partial charge is 0.240 e. The minimum atomic E-state index is -0.406. The average Bonchev–Trinajstić information content (AvgIpc) is 2.76. The number of carbonyl (C=O) groups excluding carboxylic acids is 1. The van der Waals surface area contributed by atoms with Crippen LogP contribution in [0.5, 0.6) is 0 Å². The zero-order valence-electron chi connectivity index (χ0n) is 11.0. The fraction of sp³-hybridized carbons (Fsp3) is 0.615. The van der Waals surface area contributed by atoms with Gasteiger partial charge in [-0.05, 0) is 42.2 Å². The van der Waals surface area contributed by atoms with Gasteiger partial charge in [-0.1, -0.05) is 13.8 Å². The quantitative estimate of drug-likeness (QED) is 0.877. The lowest BCUT2D eigenvalue weighted by Crippen LogP contribution is -2.48. The second-order valence-corrected chi connectivity index (χ2v) is 5.74. The Morgan fingerprint density at radius 3 is 2.47 bits per heavy atom. The molecule has 0 aliphatic heterocycles. The second kappa shape index (κ2) is 6.17. The summed E-state index contributed by atoms with van der Waals surface area (Å²) in [5.74, 6) is 0.215. The van der Waals surface area contributed by atoms with E-state index in [4.69, 9.17) is 5.73 Å². The zero-order valence-corrected chi connectivity index (χ0v) is 11.8. The van der Waals surface area contributed by atoms with Gasteiger partial charge in [-0.25, -0.2) is 0 Å². The number of carbonyl (C=O) groups is 1. The summed E-state index contributed by atoms with van der Waals surface area (Å²) in [6.07, 6.45) is 0. The van der Waals surface area contributed by atoms with Crippen molar-refractivity contribution in [2.75, 3.05) is 0 Å². The van der Waals surface area contributed by atoms with Crippen LogP contribution in [-0.4, -0.2) is 22.9 Å². The van der Waals surface area contributed by atoms with E-state index in [1.165, 1.54) is 5.56 Å². The third-order valence-electron chi connectivity index (χ3n) is 2.84. The Hall–Kier alpha value is -0.870.